The molecule has 88 valence electrons. The number of aromatic nitrogens is 1. The largest absolute Gasteiger partial charge is 0.497 e. The predicted octanol–water partition coefficient (Wildman–Crippen LogP) is 0.646. The average molecular weight is 232 g/mol. The van der Waals surface area contributed by atoms with Gasteiger partial charge in [-0.25, -0.2) is 0 Å². The molecule has 1 amide bonds. The summed E-state index contributed by atoms with van der Waals surface area (Å²) in [7, 11) is 3.06. The van der Waals surface area contributed by atoms with Gasteiger partial charge < -0.3 is 15.0 Å². The van der Waals surface area contributed by atoms with E-state index < -0.39 is 5.91 Å². The molecule has 0 aliphatic carbocycles. The summed E-state index contributed by atoms with van der Waals surface area (Å²) in [4.78, 5) is 23.2. The molecule has 0 spiro atoms. The Labute approximate surface area is 97.4 Å². The smallest absolute Gasteiger partial charge is 0.265 e. The van der Waals surface area contributed by atoms with Gasteiger partial charge >= 0.3 is 0 Å². The fraction of sp³-hybridized carbons (Fsp3) is 0.167. The van der Waals surface area contributed by atoms with E-state index in [0.717, 1.165) is 0 Å². The lowest BCUT2D eigenvalue weighted by atomic mass is 10.1. The lowest BCUT2D eigenvalue weighted by molar-refractivity contribution is 0.0991. The standard InChI is InChI=1S/C12H12N2O3/c1-14-10(11(13)15)6-7-5-8(17-2)3-4-9(7)12(14)16/h3-6H,1-2H3,(H2,13,15). The number of nitrogens with zero attached hydrogens (tertiary/aromatic N) is 1. The Morgan fingerprint density at radius 3 is 2.65 bits per heavy atom. The third kappa shape index (κ3) is 1.75. The lowest BCUT2D eigenvalue weighted by Crippen LogP contribution is -2.26. The van der Waals surface area contributed by atoms with Crippen LogP contribution < -0.4 is 16.0 Å². The first-order chi connectivity index (χ1) is 8.04. The van der Waals surface area contributed by atoms with Crippen molar-refractivity contribution in [3.63, 3.8) is 0 Å². The number of fused-ring (bicyclic) bond motifs is 1. The SMILES string of the molecule is COc1ccc2c(=O)n(C)c(C(N)=O)cc2c1. The molecule has 1 aromatic carbocycles. The maximum absolute atomic E-state index is 12.0. The van der Waals surface area contributed by atoms with Gasteiger partial charge in [0.05, 0.1) is 7.11 Å². The molecule has 0 aliphatic rings. The molecule has 1 heterocycles. The van der Waals surface area contributed by atoms with E-state index in [1.807, 2.05) is 0 Å². The molecule has 2 aromatic rings. The highest BCUT2D eigenvalue weighted by Gasteiger charge is 2.10. The number of rotatable bonds is 2. The highest BCUT2D eigenvalue weighted by Crippen LogP contribution is 2.18. The average Bonchev–Trinajstić information content (AvgIpc) is 2.32. The second-order valence-electron chi connectivity index (χ2n) is 3.71. The van der Waals surface area contributed by atoms with Crippen LogP contribution in [-0.4, -0.2) is 17.6 Å². The number of amides is 1. The molecule has 0 bridgehead atoms. The van der Waals surface area contributed by atoms with Gasteiger partial charge in [0, 0.05) is 12.4 Å². The molecule has 2 rings (SSSR count). The second kappa shape index (κ2) is 3.93. The van der Waals surface area contributed by atoms with Gasteiger partial charge in [-0.2, -0.15) is 0 Å². The summed E-state index contributed by atoms with van der Waals surface area (Å²) in [5.41, 5.74) is 5.14. The van der Waals surface area contributed by atoms with Crippen LogP contribution >= 0.6 is 0 Å². The van der Waals surface area contributed by atoms with Gasteiger partial charge in [0.2, 0.25) is 0 Å². The molecule has 17 heavy (non-hydrogen) atoms. The Morgan fingerprint density at radius 1 is 1.35 bits per heavy atom. The number of pyridine rings is 1. The molecule has 0 radical (unpaired) electrons. The molecule has 0 unspecified atom stereocenters. The van der Waals surface area contributed by atoms with Crippen molar-refractivity contribution in [3.05, 3.63) is 40.3 Å². The minimum atomic E-state index is -0.630. The van der Waals surface area contributed by atoms with E-state index in [4.69, 9.17) is 10.5 Å². The van der Waals surface area contributed by atoms with E-state index in [1.54, 1.807) is 24.3 Å². The van der Waals surface area contributed by atoms with E-state index in [9.17, 15) is 9.59 Å². The fourth-order valence-corrected chi connectivity index (χ4v) is 1.75. The maximum Gasteiger partial charge on any atom is 0.265 e. The molecule has 0 saturated carbocycles. The number of primary amides is 1. The quantitative estimate of drug-likeness (QED) is 0.825. The Balaban J connectivity index is 2.86. The molecule has 0 saturated heterocycles. The van der Waals surface area contributed by atoms with Crippen LogP contribution in [0.15, 0.2) is 29.1 Å². The number of ether oxygens (including phenoxy) is 1. The van der Waals surface area contributed by atoms with Crippen molar-refractivity contribution in [2.24, 2.45) is 12.8 Å². The van der Waals surface area contributed by atoms with E-state index in [1.165, 1.54) is 18.7 Å². The zero-order valence-corrected chi connectivity index (χ0v) is 9.56. The van der Waals surface area contributed by atoms with Crippen LogP contribution in [-0.2, 0) is 7.05 Å². The fourth-order valence-electron chi connectivity index (χ4n) is 1.75. The van der Waals surface area contributed by atoms with Gasteiger partial charge in [-0.3, -0.25) is 9.59 Å². The lowest BCUT2D eigenvalue weighted by Gasteiger charge is -2.08. The van der Waals surface area contributed by atoms with Crippen LogP contribution in [0, 0.1) is 0 Å². The minimum Gasteiger partial charge on any atom is -0.497 e. The van der Waals surface area contributed by atoms with Crippen LogP contribution in [0.1, 0.15) is 10.5 Å². The van der Waals surface area contributed by atoms with E-state index in [-0.39, 0.29) is 11.3 Å². The summed E-state index contributed by atoms with van der Waals surface area (Å²) in [6, 6.07) is 6.65. The first-order valence-corrected chi connectivity index (χ1v) is 5.02. The number of carbonyl (C=O) groups is 1. The molecule has 0 atom stereocenters. The van der Waals surface area contributed by atoms with Gasteiger partial charge in [0.25, 0.3) is 11.5 Å². The number of nitrogens with two attached hydrogens (primary N) is 1. The molecule has 5 nitrogen and oxygen atoms in total. The van der Waals surface area contributed by atoms with Gasteiger partial charge in [0.1, 0.15) is 11.4 Å². The Bertz CT molecular complexity index is 659. The summed E-state index contributed by atoms with van der Waals surface area (Å²) < 4.78 is 6.31. The van der Waals surface area contributed by atoms with Gasteiger partial charge in [-0.05, 0) is 29.7 Å². The van der Waals surface area contributed by atoms with E-state index in [0.29, 0.717) is 16.5 Å². The summed E-state index contributed by atoms with van der Waals surface area (Å²) >= 11 is 0. The minimum absolute atomic E-state index is 0.177. The van der Waals surface area contributed by atoms with Crippen LogP contribution in [0.5, 0.6) is 5.75 Å². The molecule has 2 N–H and O–H groups in total. The third-order valence-corrected chi connectivity index (χ3v) is 2.70. The zero-order valence-electron chi connectivity index (χ0n) is 9.56. The van der Waals surface area contributed by atoms with Crippen molar-refractivity contribution >= 4 is 16.7 Å². The van der Waals surface area contributed by atoms with Crippen molar-refractivity contribution in [3.8, 4) is 5.75 Å². The van der Waals surface area contributed by atoms with Crippen LogP contribution in [0.2, 0.25) is 0 Å². The van der Waals surface area contributed by atoms with Crippen molar-refractivity contribution in [2.75, 3.05) is 7.11 Å². The monoisotopic (exact) mass is 232 g/mol. The third-order valence-electron chi connectivity index (χ3n) is 2.70. The molecule has 0 fully saturated rings. The first-order valence-electron chi connectivity index (χ1n) is 5.02. The normalized spacial score (nSPS) is 10.5. The number of methoxy groups -OCH3 is 1. The first kappa shape index (κ1) is 11.2. The number of hydrogen-bond donors (Lipinski definition) is 1. The summed E-state index contributed by atoms with van der Waals surface area (Å²) in [6.45, 7) is 0. The maximum atomic E-state index is 12.0. The summed E-state index contributed by atoms with van der Waals surface area (Å²) in [5.74, 6) is -0.00417. The number of benzene rings is 1. The highest BCUT2D eigenvalue weighted by atomic mass is 16.5. The summed E-state index contributed by atoms with van der Waals surface area (Å²) in [5, 5.41) is 1.17. The Kier molecular flexibility index (Phi) is 2.59. The second-order valence-corrected chi connectivity index (χ2v) is 3.71. The van der Waals surface area contributed by atoms with Crippen molar-refractivity contribution in [1.82, 2.24) is 4.57 Å². The molecular weight excluding hydrogens is 220 g/mol. The van der Waals surface area contributed by atoms with E-state index in [2.05, 4.69) is 0 Å². The topological polar surface area (TPSA) is 74.3 Å². The predicted molar refractivity (Wildman–Crippen MR) is 64.3 cm³/mol. The van der Waals surface area contributed by atoms with Crippen LogP contribution in [0.3, 0.4) is 0 Å². The van der Waals surface area contributed by atoms with Crippen molar-refractivity contribution in [1.29, 1.82) is 0 Å². The van der Waals surface area contributed by atoms with Crippen LogP contribution in [0.4, 0.5) is 0 Å². The van der Waals surface area contributed by atoms with Gasteiger partial charge in [-0.15, -0.1) is 0 Å². The van der Waals surface area contributed by atoms with Crippen molar-refractivity contribution < 1.29 is 9.53 Å². The Morgan fingerprint density at radius 2 is 2.06 bits per heavy atom. The van der Waals surface area contributed by atoms with E-state index >= 15 is 0 Å². The number of carbonyl (C=O) groups excluding carboxylic acids is 1. The molecule has 0 aliphatic heterocycles. The van der Waals surface area contributed by atoms with Crippen LogP contribution in [0.25, 0.3) is 10.8 Å². The highest BCUT2D eigenvalue weighted by molar-refractivity contribution is 5.95. The number of hydrogen-bond acceptors (Lipinski definition) is 3. The van der Waals surface area contributed by atoms with Crippen molar-refractivity contribution in [2.45, 2.75) is 0 Å². The summed E-state index contributed by atoms with van der Waals surface area (Å²) in [6.07, 6.45) is 0. The van der Waals surface area contributed by atoms with Gasteiger partial charge in [-0.1, -0.05) is 0 Å². The molecule has 1 aromatic heterocycles. The zero-order chi connectivity index (χ0) is 12.6. The molecule has 5 heteroatoms. The molecular formula is C12H12N2O3. The Hall–Kier alpha value is -2.30. The van der Waals surface area contributed by atoms with Gasteiger partial charge in [0.15, 0.2) is 0 Å².